The predicted octanol–water partition coefficient (Wildman–Crippen LogP) is 1.29. The highest BCUT2D eigenvalue weighted by Gasteiger charge is 2.09. The molecule has 1 aromatic carbocycles. The van der Waals surface area contributed by atoms with E-state index in [0.29, 0.717) is 35.0 Å². The third-order valence-electron chi connectivity index (χ3n) is 3.51. The molecule has 120 valence electrons. The Morgan fingerprint density at radius 2 is 2.04 bits per heavy atom. The summed E-state index contributed by atoms with van der Waals surface area (Å²) in [6.45, 7) is 0.481. The topological polar surface area (TPSA) is 94.1 Å². The number of aromatic nitrogens is 4. The van der Waals surface area contributed by atoms with Gasteiger partial charge in [-0.15, -0.1) is 0 Å². The first kappa shape index (κ1) is 14.9. The lowest BCUT2D eigenvalue weighted by Gasteiger charge is -2.10. The summed E-state index contributed by atoms with van der Waals surface area (Å²) >= 11 is 0. The molecule has 0 saturated heterocycles. The van der Waals surface area contributed by atoms with Crippen molar-refractivity contribution in [3.05, 3.63) is 40.3 Å². The summed E-state index contributed by atoms with van der Waals surface area (Å²) in [6.07, 6.45) is 1.56. The van der Waals surface area contributed by atoms with Crippen LogP contribution in [-0.4, -0.2) is 34.0 Å². The van der Waals surface area contributed by atoms with E-state index < -0.39 is 0 Å². The maximum absolute atomic E-state index is 12.0. The van der Waals surface area contributed by atoms with Crippen LogP contribution in [0.5, 0.6) is 11.5 Å². The maximum atomic E-state index is 12.0. The number of methoxy groups -OCH3 is 2. The molecule has 0 radical (unpaired) electrons. The molecule has 2 aromatic heterocycles. The summed E-state index contributed by atoms with van der Waals surface area (Å²) in [5.41, 5.74) is 1.73. The van der Waals surface area contributed by atoms with Crippen LogP contribution in [0, 0.1) is 0 Å². The van der Waals surface area contributed by atoms with Crippen LogP contribution < -0.4 is 20.3 Å². The predicted molar refractivity (Wildman–Crippen MR) is 86.0 cm³/mol. The Morgan fingerprint density at radius 3 is 2.78 bits per heavy atom. The van der Waals surface area contributed by atoms with Gasteiger partial charge in [0.05, 0.1) is 20.4 Å². The Kier molecular flexibility index (Phi) is 3.88. The van der Waals surface area contributed by atoms with E-state index >= 15 is 0 Å². The Morgan fingerprint density at radius 1 is 1.26 bits per heavy atom. The van der Waals surface area contributed by atoms with E-state index in [2.05, 4.69) is 20.4 Å². The van der Waals surface area contributed by atoms with Crippen molar-refractivity contribution in [3.8, 4) is 11.5 Å². The van der Waals surface area contributed by atoms with E-state index in [1.165, 1.54) is 4.68 Å². The number of ether oxygens (including phenoxy) is 2. The van der Waals surface area contributed by atoms with Crippen molar-refractivity contribution in [1.82, 2.24) is 19.7 Å². The second kappa shape index (κ2) is 5.99. The zero-order valence-electron chi connectivity index (χ0n) is 13.1. The first-order valence-electron chi connectivity index (χ1n) is 6.99. The van der Waals surface area contributed by atoms with Gasteiger partial charge in [-0.05, 0) is 17.7 Å². The summed E-state index contributed by atoms with van der Waals surface area (Å²) in [5, 5.41) is 7.13. The molecule has 0 spiro atoms. The van der Waals surface area contributed by atoms with Crippen LogP contribution in [-0.2, 0) is 13.6 Å². The number of aryl methyl sites for hydroxylation is 1. The molecule has 0 aliphatic heterocycles. The van der Waals surface area contributed by atoms with Gasteiger partial charge in [-0.3, -0.25) is 14.5 Å². The first-order valence-corrected chi connectivity index (χ1v) is 6.99. The largest absolute Gasteiger partial charge is 0.493 e. The average Bonchev–Trinajstić information content (AvgIpc) is 2.94. The van der Waals surface area contributed by atoms with Crippen molar-refractivity contribution >= 4 is 17.0 Å². The molecular weight excluding hydrogens is 298 g/mol. The molecule has 8 nitrogen and oxygen atoms in total. The van der Waals surface area contributed by atoms with Crippen LogP contribution >= 0.6 is 0 Å². The zero-order valence-corrected chi connectivity index (χ0v) is 13.1. The second-order valence-corrected chi connectivity index (χ2v) is 4.96. The molecule has 8 heteroatoms. The lowest BCUT2D eigenvalue weighted by Crippen LogP contribution is -2.15. The molecule has 0 fully saturated rings. The quantitative estimate of drug-likeness (QED) is 0.737. The normalized spacial score (nSPS) is 10.7. The monoisotopic (exact) mass is 315 g/mol. The number of aromatic amines is 1. The average molecular weight is 315 g/mol. The number of nitrogens with zero attached hydrogens (tertiary/aromatic N) is 3. The summed E-state index contributed by atoms with van der Waals surface area (Å²) < 4.78 is 12.0. The fraction of sp³-hybridized carbons (Fsp3) is 0.267. The van der Waals surface area contributed by atoms with E-state index in [0.717, 1.165) is 5.56 Å². The number of H-pyrrole nitrogens is 1. The first-order chi connectivity index (χ1) is 11.1. The van der Waals surface area contributed by atoms with E-state index in [-0.39, 0.29) is 5.56 Å². The fourth-order valence-corrected chi connectivity index (χ4v) is 2.35. The van der Waals surface area contributed by atoms with Gasteiger partial charge in [-0.2, -0.15) is 5.10 Å². The molecule has 0 aliphatic carbocycles. The molecule has 2 N–H and O–H groups in total. The van der Waals surface area contributed by atoms with Crippen molar-refractivity contribution in [1.29, 1.82) is 0 Å². The number of hydrogen-bond acceptors (Lipinski definition) is 6. The number of benzene rings is 1. The van der Waals surface area contributed by atoms with Gasteiger partial charge >= 0.3 is 0 Å². The van der Waals surface area contributed by atoms with Gasteiger partial charge in [0.15, 0.2) is 17.0 Å². The van der Waals surface area contributed by atoms with Crippen molar-refractivity contribution in [3.63, 3.8) is 0 Å². The van der Waals surface area contributed by atoms with Gasteiger partial charge in [0, 0.05) is 13.6 Å². The lowest BCUT2D eigenvalue weighted by atomic mass is 10.2. The maximum Gasteiger partial charge on any atom is 0.278 e. The fourth-order valence-electron chi connectivity index (χ4n) is 2.35. The molecule has 3 aromatic rings. The molecule has 0 bridgehead atoms. The Hall–Kier alpha value is -3.03. The molecule has 0 atom stereocenters. The molecule has 3 rings (SSSR count). The SMILES string of the molecule is COc1ccc(CNc2nc3cnn(C)c3c(=O)[nH]2)cc1OC. The van der Waals surface area contributed by atoms with E-state index in [4.69, 9.17) is 9.47 Å². The minimum atomic E-state index is -0.232. The van der Waals surface area contributed by atoms with Crippen LogP contribution in [0.2, 0.25) is 0 Å². The molecular formula is C15H17N5O3. The van der Waals surface area contributed by atoms with Gasteiger partial charge < -0.3 is 14.8 Å². The third-order valence-corrected chi connectivity index (χ3v) is 3.51. The molecule has 0 amide bonds. The molecule has 0 saturated carbocycles. The Labute approximate surface area is 132 Å². The van der Waals surface area contributed by atoms with Gasteiger partial charge in [0.25, 0.3) is 5.56 Å². The summed E-state index contributed by atoms with van der Waals surface area (Å²) in [5.74, 6) is 1.71. The van der Waals surface area contributed by atoms with Crippen LogP contribution in [0.4, 0.5) is 5.95 Å². The van der Waals surface area contributed by atoms with Crippen LogP contribution in [0.3, 0.4) is 0 Å². The van der Waals surface area contributed by atoms with Gasteiger partial charge in [0.2, 0.25) is 5.95 Å². The smallest absolute Gasteiger partial charge is 0.278 e. The van der Waals surface area contributed by atoms with E-state index in [1.807, 2.05) is 18.2 Å². The van der Waals surface area contributed by atoms with Gasteiger partial charge in [0.1, 0.15) is 5.52 Å². The molecule has 0 aliphatic rings. The molecule has 23 heavy (non-hydrogen) atoms. The number of rotatable bonds is 5. The van der Waals surface area contributed by atoms with Gasteiger partial charge in [-0.25, -0.2) is 4.98 Å². The van der Waals surface area contributed by atoms with Crippen LogP contribution in [0.25, 0.3) is 11.0 Å². The van der Waals surface area contributed by atoms with Crippen molar-refractivity contribution in [2.75, 3.05) is 19.5 Å². The van der Waals surface area contributed by atoms with Crippen LogP contribution in [0.1, 0.15) is 5.56 Å². The highest BCUT2D eigenvalue weighted by molar-refractivity contribution is 5.73. The summed E-state index contributed by atoms with van der Waals surface area (Å²) in [6, 6.07) is 5.61. The van der Waals surface area contributed by atoms with Crippen molar-refractivity contribution in [2.24, 2.45) is 7.05 Å². The minimum absolute atomic E-state index is 0.232. The Balaban J connectivity index is 1.82. The number of fused-ring (bicyclic) bond motifs is 1. The standard InChI is InChI=1S/C15H17N5O3/c1-20-13-10(8-17-20)18-15(19-14(13)21)16-7-9-4-5-11(22-2)12(6-9)23-3/h4-6,8H,7H2,1-3H3,(H2,16,18,19,21). The number of anilines is 1. The number of nitrogens with one attached hydrogen (secondary N) is 2. The van der Waals surface area contributed by atoms with E-state index in [9.17, 15) is 4.79 Å². The third kappa shape index (κ3) is 2.83. The highest BCUT2D eigenvalue weighted by Crippen LogP contribution is 2.27. The number of hydrogen-bond donors (Lipinski definition) is 2. The second-order valence-electron chi connectivity index (χ2n) is 4.96. The zero-order chi connectivity index (χ0) is 16.4. The molecule has 2 heterocycles. The Bertz CT molecular complexity index is 900. The lowest BCUT2D eigenvalue weighted by molar-refractivity contribution is 0.354. The van der Waals surface area contributed by atoms with E-state index in [1.54, 1.807) is 27.5 Å². The molecule has 0 unspecified atom stereocenters. The van der Waals surface area contributed by atoms with Gasteiger partial charge in [-0.1, -0.05) is 6.07 Å². The van der Waals surface area contributed by atoms with Crippen LogP contribution in [0.15, 0.2) is 29.2 Å². The summed E-state index contributed by atoms with van der Waals surface area (Å²) in [4.78, 5) is 19.1. The van der Waals surface area contributed by atoms with Crippen molar-refractivity contribution in [2.45, 2.75) is 6.54 Å². The van der Waals surface area contributed by atoms with Crippen molar-refractivity contribution < 1.29 is 9.47 Å². The minimum Gasteiger partial charge on any atom is -0.493 e. The highest BCUT2D eigenvalue weighted by atomic mass is 16.5. The summed E-state index contributed by atoms with van der Waals surface area (Å²) in [7, 11) is 4.88.